The Morgan fingerprint density at radius 3 is 2.72 bits per heavy atom. The van der Waals surface area contributed by atoms with Crippen LogP contribution in [0, 0.1) is 6.92 Å². The van der Waals surface area contributed by atoms with Crippen LogP contribution in [0.15, 0.2) is 35.9 Å². The Balaban J connectivity index is 1.93. The van der Waals surface area contributed by atoms with Gasteiger partial charge in [-0.15, -0.1) is 10.2 Å². The van der Waals surface area contributed by atoms with E-state index in [0.29, 0.717) is 5.92 Å². The molecule has 3 rings (SSSR count). The highest BCUT2D eigenvalue weighted by atomic mass is 35.5. The number of esters is 1. The summed E-state index contributed by atoms with van der Waals surface area (Å²) < 4.78 is 11.3. The first kappa shape index (κ1) is 17.4. The summed E-state index contributed by atoms with van der Waals surface area (Å²) in [6.07, 6.45) is 3.69. The lowest BCUT2D eigenvalue weighted by atomic mass is 10.1. The molecule has 0 bridgehead atoms. The number of carbonyl (C=O) groups excluding carboxylic acids is 1. The van der Waals surface area contributed by atoms with Gasteiger partial charge >= 0.3 is 5.97 Å². The van der Waals surface area contributed by atoms with Gasteiger partial charge in [0.15, 0.2) is 10.9 Å². The van der Waals surface area contributed by atoms with E-state index in [1.807, 2.05) is 32.9 Å². The van der Waals surface area contributed by atoms with Gasteiger partial charge < -0.3 is 9.47 Å². The molecule has 0 atom stereocenters. The maximum Gasteiger partial charge on any atom is 0.336 e. The van der Waals surface area contributed by atoms with Gasteiger partial charge in [-0.2, -0.15) is 0 Å². The molecule has 25 heavy (non-hydrogen) atoms. The van der Waals surface area contributed by atoms with E-state index in [9.17, 15) is 4.79 Å². The minimum absolute atomic E-state index is 0.121. The van der Waals surface area contributed by atoms with Crippen molar-refractivity contribution in [2.24, 2.45) is 0 Å². The summed E-state index contributed by atoms with van der Waals surface area (Å²) in [5, 5.41) is 7.90. The number of para-hydroxylation sites is 1. The number of rotatable bonds is 5. The van der Waals surface area contributed by atoms with Crippen molar-refractivity contribution in [3.63, 3.8) is 0 Å². The largest absolute Gasteiger partial charge is 0.434 e. The van der Waals surface area contributed by atoms with Gasteiger partial charge in [0.2, 0.25) is 0 Å². The van der Waals surface area contributed by atoms with Crippen molar-refractivity contribution in [3.8, 4) is 17.4 Å². The molecule has 1 aromatic carbocycles. The maximum absolute atomic E-state index is 11.9. The van der Waals surface area contributed by atoms with Crippen LogP contribution in [0.25, 0.3) is 0 Å². The Bertz CT molecular complexity index is 841. The van der Waals surface area contributed by atoms with Crippen molar-refractivity contribution in [3.05, 3.63) is 52.2 Å². The van der Waals surface area contributed by atoms with E-state index < -0.39 is 5.97 Å². The number of hydrogen-bond donors (Lipinski definition) is 0. The average Bonchev–Trinajstić information content (AvgIpc) is 3.35. The Morgan fingerprint density at radius 1 is 1.28 bits per heavy atom. The summed E-state index contributed by atoms with van der Waals surface area (Å²) in [7, 11) is 0. The van der Waals surface area contributed by atoms with Crippen LogP contribution in [0.2, 0.25) is 5.15 Å². The number of hydrogen-bond acceptors (Lipinski definition) is 5. The molecular formula is C19H19ClN2O3. The number of halogens is 1. The molecule has 0 saturated heterocycles. The molecule has 1 fully saturated rings. The highest BCUT2D eigenvalue weighted by Crippen LogP contribution is 2.46. The van der Waals surface area contributed by atoms with E-state index >= 15 is 0 Å². The normalized spacial score (nSPS) is 13.3. The zero-order valence-electron chi connectivity index (χ0n) is 14.4. The molecule has 0 unspecified atom stereocenters. The maximum atomic E-state index is 11.9. The molecule has 0 amide bonds. The Kier molecular flexibility index (Phi) is 5.04. The smallest absolute Gasteiger partial charge is 0.336 e. The highest BCUT2D eigenvalue weighted by Gasteiger charge is 2.28. The van der Waals surface area contributed by atoms with Crippen molar-refractivity contribution in [2.45, 2.75) is 39.5 Å². The molecule has 130 valence electrons. The molecule has 2 aromatic rings. The van der Waals surface area contributed by atoms with Gasteiger partial charge in [-0.25, -0.2) is 4.79 Å². The summed E-state index contributed by atoms with van der Waals surface area (Å²) >= 11 is 5.90. The van der Waals surface area contributed by atoms with Gasteiger partial charge in [-0.3, -0.25) is 0 Å². The minimum Gasteiger partial charge on any atom is -0.434 e. The van der Waals surface area contributed by atoms with E-state index in [0.717, 1.165) is 35.3 Å². The predicted octanol–water partition coefficient (Wildman–Crippen LogP) is 4.98. The van der Waals surface area contributed by atoms with Gasteiger partial charge in [0.05, 0.1) is 0 Å². The van der Waals surface area contributed by atoms with Crippen LogP contribution >= 0.6 is 11.6 Å². The molecule has 1 aliphatic rings. The summed E-state index contributed by atoms with van der Waals surface area (Å²) in [6, 6.07) is 7.46. The molecule has 1 aliphatic carbocycles. The quantitative estimate of drug-likeness (QED) is 0.557. The van der Waals surface area contributed by atoms with Crippen molar-refractivity contribution in [1.29, 1.82) is 0 Å². The summed E-state index contributed by atoms with van der Waals surface area (Å²) in [6.45, 7) is 5.59. The lowest BCUT2D eigenvalue weighted by molar-refractivity contribution is -0.129. The van der Waals surface area contributed by atoms with Crippen LogP contribution in [-0.2, 0) is 4.79 Å². The van der Waals surface area contributed by atoms with Crippen molar-refractivity contribution in [2.75, 3.05) is 0 Å². The molecule has 1 heterocycles. The minimum atomic E-state index is -0.513. The fourth-order valence-electron chi connectivity index (χ4n) is 2.49. The number of benzene rings is 1. The SMILES string of the molecule is CC(C)=CC(=O)Oc1cc(Cl)nnc1Oc1c(C)cccc1C1CC1. The molecular weight excluding hydrogens is 340 g/mol. The Hall–Kier alpha value is -2.40. The summed E-state index contributed by atoms with van der Waals surface area (Å²) in [5.41, 5.74) is 2.96. The molecule has 0 radical (unpaired) electrons. The number of carbonyl (C=O) groups is 1. The average molecular weight is 359 g/mol. The summed E-state index contributed by atoms with van der Waals surface area (Å²) in [4.78, 5) is 11.9. The van der Waals surface area contributed by atoms with Gasteiger partial charge in [0.1, 0.15) is 5.75 Å². The number of nitrogens with zero attached hydrogens (tertiary/aromatic N) is 2. The van der Waals surface area contributed by atoms with Crippen molar-refractivity contribution in [1.82, 2.24) is 10.2 Å². The van der Waals surface area contributed by atoms with Gasteiger partial charge in [0.25, 0.3) is 5.88 Å². The van der Waals surface area contributed by atoms with Crippen LogP contribution in [0.1, 0.15) is 43.7 Å². The lowest BCUT2D eigenvalue weighted by Gasteiger charge is -2.14. The molecule has 0 spiro atoms. The topological polar surface area (TPSA) is 61.3 Å². The van der Waals surface area contributed by atoms with Crippen LogP contribution in [0.4, 0.5) is 0 Å². The second-order valence-electron chi connectivity index (χ2n) is 6.35. The van der Waals surface area contributed by atoms with Crippen molar-refractivity contribution < 1.29 is 14.3 Å². The highest BCUT2D eigenvalue weighted by molar-refractivity contribution is 6.29. The zero-order valence-corrected chi connectivity index (χ0v) is 15.1. The third kappa shape index (κ3) is 4.37. The zero-order chi connectivity index (χ0) is 18.0. The van der Waals surface area contributed by atoms with Crippen LogP contribution in [0.3, 0.4) is 0 Å². The van der Waals surface area contributed by atoms with Gasteiger partial charge in [-0.05, 0) is 50.7 Å². The van der Waals surface area contributed by atoms with Crippen LogP contribution in [-0.4, -0.2) is 16.2 Å². The molecule has 5 nitrogen and oxygen atoms in total. The number of ether oxygens (including phenoxy) is 2. The Labute approximate surface area is 151 Å². The molecule has 1 saturated carbocycles. The monoisotopic (exact) mass is 358 g/mol. The fraction of sp³-hybridized carbons (Fsp3) is 0.316. The first-order chi connectivity index (χ1) is 11.9. The first-order valence-corrected chi connectivity index (χ1v) is 8.49. The fourth-order valence-corrected chi connectivity index (χ4v) is 2.62. The molecule has 0 N–H and O–H groups in total. The second kappa shape index (κ2) is 7.23. The number of allylic oxidation sites excluding steroid dienone is 1. The van der Waals surface area contributed by atoms with Crippen LogP contribution < -0.4 is 9.47 Å². The van der Waals surface area contributed by atoms with Gasteiger partial charge in [0, 0.05) is 12.1 Å². The standard InChI is InChI=1S/C19H19ClN2O3/c1-11(2)9-17(23)24-15-10-16(20)21-22-19(15)25-18-12(3)5-4-6-14(18)13-7-8-13/h4-6,9-10,13H,7-8H2,1-3H3. The molecule has 6 heteroatoms. The molecule has 1 aromatic heterocycles. The third-order valence-corrected chi connectivity index (χ3v) is 3.96. The predicted molar refractivity (Wildman–Crippen MR) is 95.3 cm³/mol. The number of aryl methyl sites for hydroxylation is 1. The van der Waals surface area contributed by atoms with Gasteiger partial charge in [-0.1, -0.05) is 35.4 Å². The molecule has 0 aliphatic heterocycles. The Morgan fingerprint density at radius 2 is 2.04 bits per heavy atom. The van der Waals surface area contributed by atoms with E-state index in [2.05, 4.69) is 16.3 Å². The van der Waals surface area contributed by atoms with E-state index in [1.165, 1.54) is 12.1 Å². The second-order valence-corrected chi connectivity index (χ2v) is 6.74. The summed E-state index contributed by atoms with van der Waals surface area (Å²) in [5.74, 6) is 0.998. The van der Waals surface area contributed by atoms with E-state index in [-0.39, 0.29) is 16.8 Å². The first-order valence-electron chi connectivity index (χ1n) is 8.11. The van der Waals surface area contributed by atoms with E-state index in [1.54, 1.807) is 0 Å². The van der Waals surface area contributed by atoms with Crippen molar-refractivity contribution >= 4 is 17.6 Å². The van der Waals surface area contributed by atoms with E-state index in [4.69, 9.17) is 21.1 Å². The third-order valence-electron chi connectivity index (χ3n) is 3.77. The van der Waals surface area contributed by atoms with Crippen LogP contribution in [0.5, 0.6) is 17.4 Å². The number of aromatic nitrogens is 2. The lowest BCUT2D eigenvalue weighted by Crippen LogP contribution is -2.07.